The van der Waals surface area contributed by atoms with E-state index in [0.29, 0.717) is 18.7 Å². The van der Waals surface area contributed by atoms with Crippen LogP contribution in [-0.2, 0) is 6.54 Å². The van der Waals surface area contributed by atoms with Crippen LogP contribution in [0.2, 0.25) is 0 Å². The Bertz CT molecular complexity index is 572. The van der Waals surface area contributed by atoms with E-state index in [2.05, 4.69) is 0 Å². The molecule has 4 heteroatoms. The van der Waals surface area contributed by atoms with Gasteiger partial charge >= 0.3 is 0 Å². The van der Waals surface area contributed by atoms with Crippen LogP contribution in [0.1, 0.15) is 11.1 Å². The first kappa shape index (κ1) is 14.3. The molecule has 0 atom stereocenters. The van der Waals surface area contributed by atoms with Gasteiger partial charge in [-0.3, -0.25) is 0 Å². The van der Waals surface area contributed by atoms with Crippen molar-refractivity contribution < 1.29 is 13.9 Å². The topological polar surface area (TPSA) is 44.5 Å². The van der Waals surface area contributed by atoms with Crippen LogP contribution in [-0.4, -0.2) is 13.2 Å². The molecule has 0 bridgehead atoms. The van der Waals surface area contributed by atoms with Crippen LogP contribution in [0.15, 0.2) is 42.5 Å². The summed E-state index contributed by atoms with van der Waals surface area (Å²) < 4.78 is 24.6. The summed E-state index contributed by atoms with van der Waals surface area (Å²) in [6.45, 7) is 2.81. The Morgan fingerprint density at radius 3 is 2.60 bits per heavy atom. The number of aryl methyl sites for hydroxylation is 1. The first-order valence-corrected chi connectivity index (χ1v) is 6.50. The SMILES string of the molecule is Cc1cccc(OCCOc2cccc(CN)c2)c1F. The lowest BCUT2D eigenvalue weighted by molar-refractivity contribution is 0.211. The van der Waals surface area contributed by atoms with E-state index in [1.54, 1.807) is 25.1 Å². The van der Waals surface area contributed by atoms with Crippen molar-refractivity contribution in [2.24, 2.45) is 5.73 Å². The van der Waals surface area contributed by atoms with Crippen molar-refractivity contribution in [1.29, 1.82) is 0 Å². The van der Waals surface area contributed by atoms with Gasteiger partial charge in [0.15, 0.2) is 11.6 Å². The number of hydrogen-bond acceptors (Lipinski definition) is 3. The lowest BCUT2D eigenvalue weighted by Gasteiger charge is -2.10. The predicted octanol–water partition coefficient (Wildman–Crippen LogP) is 3.05. The van der Waals surface area contributed by atoms with Gasteiger partial charge in [-0.1, -0.05) is 24.3 Å². The van der Waals surface area contributed by atoms with Crippen molar-refractivity contribution in [1.82, 2.24) is 0 Å². The van der Waals surface area contributed by atoms with Crippen LogP contribution in [0.25, 0.3) is 0 Å². The smallest absolute Gasteiger partial charge is 0.167 e. The third-order valence-corrected chi connectivity index (χ3v) is 2.90. The van der Waals surface area contributed by atoms with E-state index in [1.165, 1.54) is 0 Å². The maximum absolute atomic E-state index is 13.7. The van der Waals surface area contributed by atoms with Crippen molar-refractivity contribution >= 4 is 0 Å². The zero-order valence-electron chi connectivity index (χ0n) is 11.4. The second-order valence-corrected chi connectivity index (χ2v) is 4.44. The van der Waals surface area contributed by atoms with Crippen molar-refractivity contribution in [2.45, 2.75) is 13.5 Å². The van der Waals surface area contributed by atoms with Gasteiger partial charge in [0.1, 0.15) is 19.0 Å². The molecule has 0 aromatic heterocycles. The molecular weight excluding hydrogens is 257 g/mol. The maximum atomic E-state index is 13.7. The van der Waals surface area contributed by atoms with Gasteiger partial charge in [0.05, 0.1) is 0 Å². The minimum atomic E-state index is -0.322. The van der Waals surface area contributed by atoms with Gasteiger partial charge in [-0.15, -0.1) is 0 Å². The van der Waals surface area contributed by atoms with Crippen LogP contribution in [0.4, 0.5) is 4.39 Å². The second-order valence-electron chi connectivity index (χ2n) is 4.44. The Kier molecular flexibility index (Phi) is 4.96. The molecule has 0 unspecified atom stereocenters. The molecule has 2 N–H and O–H groups in total. The molecule has 0 heterocycles. The van der Waals surface area contributed by atoms with Crippen LogP contribution < -0.4 is 15.2 Å². The third kappa shape index (κ3) is 3.71. The number of benzene rings is 2. The summed E-state index contributed by atoms with van der Waals surface area (Å²) in [7, 11) is 0. The predicted molar refractivity (Wildman–Crippen MR) is 76.5 cm³/mol. The zero-order chi connectivity index (χ0) is 14.4. The Labute approximate surface area is 118 Å². The Morgan fingerprint density at radius 2 is 1.80 bits per heavy atom. The van der Waals surface area contributed by atoms with Gasteiger partial charge in [-0.05, 0) is 36.2 Å². The molecule has 3 nitrogen and oxygen atoms in total. The molecule has 0 aliphatic carbocycles. The Balaban J connectivity index is 1.83. The fourth-order valence-corrected chi connectivity index (χ4v) is 1.81. The summed E-state index contributed by atoms with van der Waals surface area (Å²) >= 11 is 0. The highest BCUT2D eigenvalue weighted by Crippen LogP contribution is 2.19. The minimum absolute atomic E-state index is 0.254. The van der Waals surface area contributed by atoms with Gasteiger partial charge in [0.25, 0.3) is 0 Å². The highest BCUT2D eigenvalue weighted by molar-refractivity contribution is 5.30. The summed E-state index contributed by atoms with van der Waals surface area (Å²) in [5.41, 5.74) is 7.13. The van der Waals surface area contributed by atoms with Gasteiger partial charge in [-0.25, -0.2) is 4.39 Å². The van der Waals surface area contributed by atoms with E-state index >= 15 is 0 Å². The summed E-state index contributed by atoms with van der Waals surface area (Å²) in [5, 5.41) is 0. The summed E-state index contributed by atoms with van der Waals surface area (Å²) in [6, 6.07) is 12.6. The van der Waals surface area contributed by atoms with Gasteiger partial charge in [0.2, 0.25) is 0 Å². The number of nitrogens with two attached hydrogens (primary N) is 1. The normalized spacial score (nSPS) is 10.3. The monoisotopic (exact) mass is 275 g/mol. The highest BCUT2D eigenvalue weighted by Gasteiger charge is 2.05. The summed E-state index contributed by atoms with van der Waals surface area (Å²) in [5.74, 6) is 0.670. The number of rotatable bonds is 6. The third-order valence-electron chi connectivity index (χ3n) is 2.90. The van der Waals surface area contributed by atoms with Crippen LogP contribution >= 0.6 is 0 Å². The lowest BCUT2D eigenvalue weighted by Crippen LogP contribution is -2.10. The fourth-order valence-electron chi connectivity index (χ4n) is 1.81. The molecule has 0 aliphatic rings. The molecule has 2 aromatic rings. The molecule has 106 valence electrons. The van der Waals surface area contributed by atoms with Crippen molar-refractivity contribution in [3.05, 3.63) is 59.4 Å². The van der Waals surface area contributed by atoms with Crippen molar-refractivity contribution in [2.75, 3.05) is 13.2 Å². The van der Waals surface area contributed by atoms with E-state index in [9.17, 15) is 4.39 Å². The summed E-state index contributed by atoms with van der Waals surface area (Å²) in [4.78, 5) is 0. The zero-order valence-corrected chi connectivity index (χ0v) is 11.4. The molecular formula is C16H18FNO2. The van der Waals surface area contributed by atoms with E-state index < -0.39 is 0 Å². The van der Waals surface area contributed by atoms with Crippen LogP contribution in [0.5, 0.6) is 11.5 Å². The molecule has 2 rings (SSSR count). The maximum Gasteiger partial charge on any atom is 0.167 e. The molecule has 0 saturated carbocycles. The van der Waals surface area contributed by atoms with Gasteiger partial charge in [-0.2, -0.15) is 0 Å². The average molecular weight is 275 g/mol. The molecule has 2 aromatic carbocycles. The Morgan fingerprint density at radius 1 is 1.05 bits per heavy atom. The van der Waals surface area contributed by atoms with Gasteiger partial charge in [0, 0.05) is 6.54 Å². The number of halogens is 1. The number of hydrogen-bond donors (Lipinski definition) is 1. The molecule has 0 amide bonds. The fraction of sp³-hybridized carbons (Fsp3) is 0.250. The minimum Gasteiger partial charge on any atom is -0.490 e. The molecule has 0 aliphatic heterocycles. The first-order chi connectivity index (χ1) is 9.70. The van der Waals surface area contributed by atoms with Crippen molar-refractivity contribution in [3.8, 4) is 11.5 Å². The molecule has 0 saturated heterocycles. The van der Waals surface area contributed by atoms with Crippen LogP contribution in [0, 0.1) is 12.7 Å². The second kappa shape index (κ2) is 6.91. The van der Waals surface area contributed by atoms with Crippen LogP contribution in [0.3, 0.4) is 0 Å². The average Bonchev–Trinajstić information content (AvgIpc) is 2.48. The molecule has 0 spiro atoms. The van der Waals surface area contributed by atoms with E-state index in [-0.39, 0.29) is 18.2 Å². The molecule has 20 heavy (non-hydrogen) atoms. The van der Waals surface area contributed by atoms with E-state index in [4.69, 9.17) is 15.2 Å². The lowest BCUT2D eigenvalue weighted by atomic mass is 10.2. The standard InChI is InChI=1S/C16H18FNO2/c1-12-4-2-7-15(16(12)17)20-9-8-19-14-6-3-5-13(10-14)11-18/h2-7,10H,8-9,11,18H2,1H3. The molecule has 0 radical (unpaired) electrons. The quantitative estimate of drug-likeness (QED) is 0.824. The first-order valence-electron chi connectivity index (χ1n) is 6.50. The van der Waals surface area contributed by atoms with E-state index in [1.807, 2.05) is 24.3 Å². The van der Waals surface area contributed by atoms with Crippen molar-refractivity contribution in [3.63, 3.8) is 0 Å². The number of ether oxygens (including phenoxy) is 2. The molecule has 0 fully saturated rings. The van der Waals surface area contributed by atoms with Gasteiger partial charge < -0.3 is 15.2 Å². The largest absolute Gasteiger partial charge is 0.490 e. The summed E-state index contributed by atoms with van der Waals surface area (Å²) in [6.07, 6.45) is 0. The highest BCUT2D eigenvalue weighted by atomic mass is 19.1. The Hall–Kier alpha value is -2.07. The van der Waals surface area contributed by atoms with E-state index in [0.717, 1.165) is 11.3 Å².